The molecular weight excluding hydrogens is 294 g/mol. The average Bonchev–Trinajstić information content (AvgIpc) is 2.39. The molecule has 2 aromatic carbocycles. The number of rotatable bonds is 6. The van der Waals surface area contributed by atoms with Gasteiger partial charge in [0.1, 0.15) is 0 Å². The van der Waals surface area contributed by atoms with E-state index in [0.29, 0.717) is 18.0 Å². The lowest BCUT2D eigenvalue weighted by Gasteiger charge is -2.07. The molecule has 5 heteroatoms. The van der Waals surface area contributed by atoms with Gasteiger partial charge in [-0.05, 0) is 29.7 Å². The molecule has 0 heterocycles. The third kappa shape index (κ3) is 4.96. The lowest BCUT2D eigenvalue weighted by atomic mass is 10.2. The first-order valence-corrected chi connectivity index (χ1v) is 8.34. The molecule has 1 N–H and O–H groups in total. The Balaban J connectivity index is 1.87. The van der Waals surface area contributed by atoms with Gasteiger partial charge in [-0.2, -0.15) is 0 Å². The lowest BCUT2D eigenvalue weighted by molar-refractivity contribution is 0.581. The molecule has 0 aliphatic rings. The highest BCUT2D eigenvalue weighted by Crippen LogP contribution is 2.11. The summed E-state index contributed by atoms with van der Waals surface area (Å²) >= 11 is 5.88. The average molecular weight is 310 g/mol. The zero-order valence-corrected chi connectivity index (χ0v) is 12.5. The van der Waals surface area contributed by atoms with Gasteiger partial charge in [-0.15, -0.1) is 0 Å². The monoisotopic (exact) mass is 309 g/mol. The van der Waals surface area contributed by atoms with E-state index >= 15 is 0 Å². The first-order valence-electron chi connectivity index (χ1n) is 6.31. The van der Waals surface area contributed by atoms with Gasteiger partial charge >= 0.3 is 0 Å². The molecule has 0 aromatic heterocycles. The first-order chi connectivity index (χ1) is 9.55. The molecule has 0 fully saturated rings. The second-order valence-electron chi connectivity index (χ2n) is 4.52. The molecule has 20 heavy (non-hydrogen) atoms. The predicted octanol–water partition coefficient (Wildman–Crippen LogP) is 3.00. The van der Waals surface area contributed by atoms with E-state index in [2.05, 4.69) is 4.72 Å². The van der Waals surface area contributed by atoms with Gasteiger partial charge in [0.25, 0.3) is 0 Å². The van der Waals surface area contributed by atoms with Crippen LogP contribution in [0.2, 0.25) is 5.02 Å². The standard InChI is InChI=1S/C15H16ClNO2S/c16-15-8-4-7-13(11-15)9-10-17-20(18,19)12-14-5-2-1-3-6-14/h1-8,11,17H,9-10,12H2. The Bertz CT molecular complexity index is 657. The van der Waals surface area contributed by atoms with Crippen LogP contribution in [0.3, 0.4) is 0 Å². The van der Waals surface area contributed by atoms with Crippen molar-refractivity contribution >= 4 is 21.6 Å². The number of hydrogen-bond donors (Lipinski definition) is 1. The maximum Gasteiger partial charge on any atom is 0.215 e. The van der Waals surface area contributed by atoms with Crippen molar-refractivity contribution in [3.8, 4) is 0 Å². The molecule has 0 aliphatic carbocycles. The number of benzene rings is 2. The van der Waals surface area contributed by atoms with E-state index in [1.54, 1.807) is 18.2 Å². The summed E-state index contributed by atoms with van der Waals surface area (Å²) in [6, 6.07) is 16.5. The summed E-state index contributed by atoms with van der Waals surface area (Å²) < 4.78 is 26.4. The summed E-state index contributed by atoms with van der Waals surface area (Å²) in [6.07, 6.45) is 0.620. The van der Waals surface area contributed by atoms with Gasteiger partial charge in [0, 0.05) is 11.6 Å². The third-order valence-electron chi connectivity index (χ3n) is 2.82. The van der Waals surface area contributed by atoms with Crippen molar-refractivity contribution in [1.82, 2.24) is 4.72 Å². The van der Waals surface area contributed by atoms with Crippen molar-refractivity contribution in [2.45, 2.75) is 12.2 Å². The van der Waals surface area contributed by atoms with E-state index in [-0.39, 0.29) is 5.75 Å². The fraction of sp³-hybridized carbons (Fsp3) is 0.200. The highest BCUT2D eigenvalue weighted by Gasteiger charge is 2.10. The molecule has 0 aliphatic heterocycles. The molecule has 3 nitrogen and oxygen atoms in total. The van der Waals surface area contributed by atoms with Gasteiger partial charge in [0.15, 0.2) is 0 Å². The van der Waals surface area contributed by atoms with Crippen LogP contribution in [0, 0.1) is 0 Å². The van der Waals surface area contributed by atoms with E-state index in [0.717, 1.165) is 11.1 Å². The summed E-state index contributed by atoms with van der Waals surface area (Å²) in [4.78, 5) is 0. The minimum Gasteiger partial charge on any atom is -0.215 e. The van der Waals surface area contributed by atoms with Crippen LogP contribution in [0.15, 0.2) is 54.6 Å². The molecule has 0 unspecified atom stereocenters. The largest absolute Gasteiger partial charge is 0.215 e. The Morgan fingerprint density at radius 2 is 1.65 bits per heavy atom. The van der Waals surface area contributed by atoms with Crippen LogP contribution in [-0.4, -0.2) is 15.0 Å². The van der Waals surface area contributed by atoms with E-state index < -0.39 is 10.0 Å². The van der Waals surface area contributed by atoms with E-state index in [1.807, 2.05) is 36.4 Å². The fourth-order valence-corrected chi connectivity index (χ4v) is 3.25. The maximum atomic E-state index is 11.9. The second-order valence-corrected chi connectivity index (χ2v) is 6.76. The molecule has 0 amide bonds. The highest BCUT2D eigenvalue weighted by molar-refractivity contribution is 7.88. The van der Waals surface area contributed by atoms with E-state index in [4.69, 9.17) is 11.6 Å². The van der Waals surface area contributed by atoms with E-state index in [1.165, 1.54) is 0 Å². The Hall–Kier alpha value is -1.36. The minimum atomic E-state index is -3.30. The first kappa shape index (κ1) is 15.0. The summed E-state index contributed by atoms with van der Waals surface area (Å²) in [5.41, 5.74) is 1.79. The lowest BCUT2D eigenvalue weighted by Crippen LogP contribution is -2.27. The summed E-state index contributed by atoms with van der Waals surface area (Å²) in [6.45, 7) is 0.371. The van der Waals surface area contributed by atoms with Crippen molar-refractivity contribution in [2.24, 2.45) is 0 Å². The Morgan fingerprint density at radius 3 is 2.35 bits per heavy atom. The van der Waals surface area contributed by atoms with Crippen molar-refractivity contribution in [3.63, 3.8) is 0 Å². The predicted molar refractivity (Wildman–Crippen MR) is 82.2 cm³/mol. The summed E-state index contributed by atoms with van der Waals surface area (Å²) in [5, 5.41) is 0.662. The second kappa shape index (κ2) is 6.88. The van der Waals surface area contributed by atoms with Gasteiger partial charge in [-0.25, -0.2) is 13.1 Å². The smallest absolute Gasteiger partial charge is 0.215 e. The van der Waals surface area contributed by atoms with Crippen LogP contribution >= 0.6 is 11.6 Å². The van der Waals surface area contributed by atoms with Gasteiger partial charge in [-0.1, -0.05) is 54.1 Å². The Morgan fingerprint density at radius 1 is 0.950 bits per heavy atom. The van der Waals surface area contributed by atoms with Gasteiger partial charge < -0.3 is 0 Å². The Labute approximate surface area is 124 Å². The minimum absolute atomic E-state index is 0.00336. The van der Waals surface area contributed by atoms with Crippen molar-refractivity contribution in [3.05, 3.63) is 70.7 Å². The number of nitrogens with one attached hydrogen (secondary N) is 1. The molecule has 0 radical (unpaired) electrons. The quantitative estimate of drug-likeness (QED) is 0.891. The maximum absolute atomic E-state index is 11.9. The van der Waals surface area contributed by atoms with Crippen LogP contribution in [0.1, 0.15) is 11.1 Å². The number of hydrogen-bond acceptors (Lipinski definition) is 2. The highest BCUT2D eigenvalue weighted by atomic mass is 35.5. The molecule has 0 spiro atoms. The SMILES string of the molecule is O=S(=O)(Cc1ccccc1)NCCc1cccc(Cl)c1. The summed E-state index contributed by atoms with van der Waals surface area (Å²) in [7, 11) is -3.30. The van der Waals surface area contributed by atoms with Gasteiger partial charge in [0.2, 0.25) is 10.0 Å². The number of halogens is 1. The zero-order valence-electron chi connectivity index (χ0n) is 10.9. The van der Waals surface area contributed by atoms with E-state index in [9.17, 15) is 8.42 Å². The van der Waals surface area contributed by atoms with Crippen molar-refractivity contribution in [1.29, 1.82) is 0 Å². The molecule has 106 valence electrons. The van der Waals surface area contributed by atoms with Gasteiger partial charge in [-0.3, -0.25) is 0 Å². The normalized spacial score (nSPS) is 11.4. The third-order valence-corrected chi connectivity index (χ3v) is 4.42. The van der Waals surface area contributed by atoms with Crippen LogP contribution in [0.5, 0.6) is 0 Å². The fourth-order valence-electron chi connectivity index (χ4n) is 1.89. The zero-order chi connectivity index (χ0) is 14.4. The van der Waals surface area contributed by atoms with Crippen LogP contribution in [0.25, 0.3) is 0 Å². The van der Waals surface area contributed by atoms with Crippen LogP contribution in [-0.2, 0) is 22.2 Å². The number of sulfonamides is 1. The molecular formula is C15H16ClNO2S. The topological polar surface area (TPSA) is 46.2 Å². The molecule has 0 bridgehead atoms. The molecule has 0 atom stereocenters. The molecule has 0 saturated heterocycles. The summed E-state index contributed by atoms with van der Waals surface area (Å²) in [5.74, 6) is 0.00336. The molecule has 2 rings (SSSR count). The van der Waals surface area contributed by atoms with Gasteiger partial charge in [0.05, 0.1) is 5.75 Å². The van der Waals surface area contributed by atoms with Crippen LogP contribution < -0.4 is 4.72 Å². The van der Waals surface area contributed by atoms with Crippen LogP contribution in [0.4, 0.5) is 0 Å². The molecule has 0 saturated carbocycles. The molecule has 2 aromatic rings. The van der Waals surface area contributed by atoms with Crippen molar-refractivity contribution in [2.75, 3.05) is 6.54 Å². The van der Waals surface area contributed by atoms with Crippen molar-refractivity contribution < 1.29 is 8.42 Å². The Kier molecular flexibility index (Phi) is 5.17.